The van der Waals surface area contributed by atoms with Crippen LogP contribution in [0.4, 0.5) is 0 Å². The maximum atomic E-state index is 11.4. The Labute approximate surface area is 143 Å². The van der Waals surface area contributed by atoms with Crippen molar-refractivity contribution in [3.63, 3.8) is 0 Å². The highest BCUT2D eigenvalue weighted by atomic mass is 16.3. The molecule has 0 aromatic heterocycles. The van der Waals surface area contributed by atoms with E-state index >= 15 is 0 Å². The van der Waals surface area contributed by atoms with E-state index in [0.717, 1.165) is 0 Å². The van der Waals surface area contributed by atoms with Gasteiger partial charge in [0.25, 0.3) is 0 Å². The summed E-state index contributed by atoms with van der Waals surface area (Å²) in [4.78, 5) is 22.8. The number of Topliss-reactive ketones (excluding diaryl/α,β-unsaturated/α-hetero) is 2. The third kappa shape index (κ3) is 5.55. The Hall–Kier alpha value is -2.04. The number of benzene rings is 1. The molecule has 0 radical (unpaired) electrons. The van der Waals surface area contributed by atoms with Crippen LogP contribution in [0.5, 0.6) is 0 Å². The van der Waals surface area contributed by atoms with Crippen LogP contribution in [0.15, 0.2) is 54.6 Å². The van der Waals surface area contributed by atoms with Gasteiger partial charge in [0.05, 0.1) is 11.5 Å². The van der Waals surface area contributed by atoms with E-state index in [9.17, 15) is 19.8 Å². The Morgan fingerprint density at radius 1 is 1.17 bits per heavy atom. The van der Waals surface area contributed by atoms with E-state index in [1.54, 1.807) is 55.5 Å². The molecule has 1 aromatic rings. The smallest absolute Gasteiger partial charge is 0.193 e. The zero-order valence-electron chi connectivity index (χ0n) is 14.7. The number of allylic oxidation sites excluding steroid dienone is 2. The SMILES string of the molecule is CC(C)(O)C(=O)c1ccccc1.CCC(=O)C1C=CC=CC1(C)O. The highest BCUT2D eigenvalue weighted by molar-refractivity contribution is 6.01. The standard InChI is InChI=1S/C10H12O2.C10H14O2/c1-10(2,12)9(11)8-6-4-3-5-7-8;1-3-9(11)8-6-4-5-7-10(8,2)12/h3-7,12H,1-2H3;4-8,12H,3H2,1-2H3. The average molecular weight is 330 g/mol. The predicted octanol–water partition coefficient (Wildman–Crippen LogP) is 3.10. The van der Waals surface area contributed by atoms with E-state index in [1.165, 1.54) is 13.8 Å². The number of carbonyl (C=O) groups excluding carboxylic acids is 2. The van der Waals surface area contributed by atoms with Crippen molar-refractivity contribution < 1.29 is 19.8 Å². The summed E-state index contributed by atoms with van der Waals surface area (Å²) in [6, 6.07) is 8.78. The van der Waals surface area contributed by atoms with E-state index in [1.807, 2.05) is 13.0 Å². The first kappa shape index (κ1) is 20.0. The molecular formula is C20H26O4. The van der Waals surface area contributed by atoms with E-state index in [0.29, 0.717) is 12.0 Å². The Morgan fingerprint density at radius 2 is 1.75 bits per heavy atom. The first-order chi connectivity index (χ1) is 11.1. The van der Waals surface area contributed by atoms with E-state index in [2.05, 4.69) is 0 Å². The Balaban J connectivity index is 0.000000240. The van der Waals surface area contributed by atoms with Gasteiger partial charge in [0, 0.05) is 12.0 Å². The lowest BCUT2D eigenvalue weighted by molar-refractivity contribution is -0.126. The molecule has 2 N–H and O–H groups in total. The van der Waals surface area contributed by atoms with E-state index in [4.69, 9.17) is 0 Å². The summed E-state index contributed by atoms with van der Waals surface area (Å²) in [5.74, 6) is -0.531. The van der Waals surface area contributed by atoms with E-state index < -0.39 is 11.2 Å². The fraction of sp³-hybridized carbons (Fsp3) is 0.400. The lowest BCUT2D eigenvalue weighted by Gasteiger charge is -2.28. The number of rotatable bonds is 4. The minimum absolute atomic E-state index is 0.0839. The highest BCUT2D eigenvalue weighted by Crippen LogP contribution is 2.25. The van der Waals surface area contributed by atoms with Crippen molar-refractivity contribution in [2.24, 2.45) is 5.92 Å². The van der Waals surface area contributed by atoms with Crippen LogP contribution in [-0.2, 0) is 4.79 Å². The van der Waals surface area contributed by atoms with Gasteiger partial charge in [-0.3, -0.25) is 9.59 Å². The van der Waals surface area contributed by atoms with Gasteiger partial charge in [-0.25, -0.2) is 0 Å². The molecule has 2 rings (SSSR count). The quantitative estimate of drug-likeness (QED) is 0.832. The van der Waals surface area contributed by atoms with Gasteiger partial charge < -0.3 is 10.2 Å². The molecule has 0 saturated carbocycles. The fourth-order valence-electron chi connectivity index (χ4n) is 2.32. The third-order valence-electron chi connectivity index (χ3n) is 3.76. The molecule has 24 heavy (non-hydrogen) atoms. The summed E-state index contributed by atoms with van der Waals surface area (Å²) in [6.45, 7) is 6.44. The number of ketones is 2. The average Bonchev–Trinajstić information content (AvgIpc) is 2.53. The van der Waals surface area contributed by atoms with Gasteiger partial charge in [0.1, 0.15) is 11.4 Å². The molecule has 4 nitrogen and oxygen atoms in total. The molecule has 0 saturated heterocycles. The van der Waals surface area contributed by atoms with Crippen LogP contribution in [0.25, 0.3) is 0 Å². The van der Waals surface area contributed by atoms with Gasteiger partial charge in [-0.15, -0.1) is 0 Å². The van der Waals surface area contributed by atoms with E-state index in [-0.39, 0.29) is 17.5 Å². The highest BCUT2D eigenvalue weighted by Gasteiger charge is 2.33. The minimum Gasteiger partial charge on any atom is -0.385 e. The van der Waals surface area contributed by atoms with Crippen LogP contribution < -0.4 is 0 Å². The number of carbonyl (C=O) groups is 2. The van der Waals surface area contributed by atoms with Crippen LogP contribution in [0.1, 0.15) is 44.5 Å². The maximum Gasteiger partial charge on any atom is 0.193 e. The molecule has 0 fully saturated rings. The third-order valence-corrected chi connectivity index (χ3v) is 3.76. The van der Waals surface area contributed by atoms with Crippen LogP contribution in [0.2, 0.25) is 0 Å². The maximum absolute atomic E-state index is 11.4. The van der Waals surface area contributed by atoms with Gasteiger partial charge in [0.2, 0.25) is 0 Å². The first-order valence-corrected chi connectivity index (χ1v) is 8.03. The molecule has 1 aromatic carbocycles. The van der Waals surface area contributed by atoms with Crippen molar-refractivity contribution in [3.8, 4) is 0 Å². The van der Waals surface area contributed by atoms with Crippen molar-refractivity contribution in [3.05, 3.63) is 60.2 Å². The summed E-state index contributed by atoms with van der Waals surface area (Å²) >= 11 is 0. The molecule has 2 unspecified atom stereocenters. The van der Waals surface area contributed by atoms with Gasteiger partial charge >= 0.3 is 0 Å². The summed E-state index contributed by atoms with van der Waals surface area (Å²) in [6.07, 6.45) is 7.45. The topological polar surface area (TPSA) is 74.6 Å². The molecule has 0 spiro atoms. The molecule has 0 heterocycles. The Morgan fingerprint density at radius 3 is 2.21 bits per heavy atom. The summed E-state index contributed by atoms with van der Waals surface area (Å²) in [7, 11) is 0. The predicted molar refractivity (Wildman–Crippen MR) is 94.8 cm³/mol. The summed E-state index contributed by atoms with van der Waals surface area (Å²) in [5, 5.41) is 19.2. The largest absolute Gasteiger partial charge is 0.385 e. The first-order valence-electron chi connectivity index (χ1n) is 8.03. The summed E-state index contributed by atoms with van der Waals surface area (Å²) in [5.41, 5.74) is -1.73. The molecule has 4 heteroatoms. The van der Waals surface area contributed by atoms with Gasteiger partial charge in [-0.05, 0) is 20.8 Å². The zero-order chi connectivity index (χ0) is 18.4. The molecule has 1 aliphatic rings. The monoisotopic (exact) mass is 330 g/mol. The van der Waals surface area contributed by atoms with Crippen molar-refractivity contribution >= 4 is 11.6 Å². The second-order valence-corrected chi connectivity index (χ2v) is 6.52. The second-order valence-electron chi connectivity index (χ2n) is 6.52. The lowest BCUT2D eigenvalue weighted by atomic mass is 9.82. The van der Waals surface area contributed by atoms with Crippen molar-refractivity contribution in [1.29, 1.82) is 0 Å². The van der Waals surface area contributed by atoms with Crippen LogP contribution in [0, 0.1) is 5.92 Å². The second kappa shape index (κ2) is 8.18. The molecule has 1 aliphatic carbocycles. The molecule has 130 valence electrons. The van der Waals surface area contributed by atoms with Crippen LogP contribution in [0.3, 0.4) is 0 Å². The normalized spacial score (nSPS) is 22.5. The van der Waals surface area contributed by atoms with Crippen molar-refractivity contribution in [2.45, 2.75) is 45.3 Å². The number of aliphatic hydroxyl groups is 2. The molecule has 0 bridgehead atoms. The Kier molecular flexibility index (Phi) is 6.81. The van der Waals surface area contributed by atoms with Crippen molar-refractivity contribution in [1.82, 2.24) is 0 Å². The Bertz CT molecular complexity index is 619. The fourth-order valence-corrected chi connectivity index (χ4v) is 2.32. The van der Waals surface area contributed by atoms with Crippen LogP contribution in [-0.4, -0.2) is 33.0 Å². The molecular weight excluding hydrogens is 304 g/mol. The van der Waals surface area contributed by atoms with Crippen LogP contribution >= 0.6 is 0 Å². The molecule has 0 aliphatic heterocycles. The lowest BCUT2D eigenvalue weighted by Crippen LogP contribution is -2.37. The van der Waals surface area contributed by atoms with Gasteiger partial charge in [-0.1, -0.05) is 61.6 Å². The molecule has 0 amide bonds. The van der Waals surface area contributed by atoms with Crippen molar-refractivity contribution in [2.75, 3.05) is 0 Å². The van der Waals surface area contributed by atoms with Gasteiger partial charge in [-0.2, -0.15) is 0 Å². The number of hydrogen-bond donors (Lipinski definition) is 2. The molecule has 2 atom stereocenters. The summed E-state index contributed by atoms with van der Waals surface area (Å²) < 4.78 is 0. The zero-order valence-corrected chi connectivity index (χ0v) is 14.7. The minimum atomic E-state index is -1.28. The van der Waals surface area contributed by atoms with Gasteiger partial charge in [0.15, 0.2) is 5.78 Å². The number of hydrogen-bond acceptors (Lipinski definition) is 4.